The summed E-state index contributed by atoms with van der Waals surface area (Å²) in [6, 6.07) is 1.30. The average Bonchev–Trinajstić information content (AvgIpc) is 2.33. The van der Waals surface area contributed by atoms with E-state index in [0.717, 1.165) is 26.2 Å². The molecular formula is C15H32N2O. The molecule has 1 aliphatic heterocycles. The minimum atomic E-state index is 0.344. The fourth-order valence-corrected chi connectivity index (χ4v) is 2.63. The van der Waals surface area contributed by atoms with Gasteiger partial charge in [0.25, 0.3) is 0 Å². The Morgan fingerprint density at radius 3 is 2.56 bits per heavy atom. The van der Waals surface area contributed by atoms with Crippen LogP contribution in [0.3, 0.4) is 0 Å². The molecule has 18 heavy (non-hydrogen) atoms. The first-order chi connectivity index (χ1) is 8.49. The van der Waals surface area contributed by atoms with Gasteiger partial charge >= 0.3 is 0 Å². The van der Waals surface area contributed by atoms with Gasteiger partial charge in [-0.05, 0) is 25.2 Å². The van der Waals surface area contributed by atoms with Crippen LogP contribution in [0.25, 0.3) is 0 Å². The molecule has 1 N–H and O–H groups in total. The summed E-state index contributed by atoms with van der Waals surface area (Å²) in [6.45, 7) is 16.6. The van der Waals surface area contributed by atoms with Crippen LogP contribution in [0.4, 0.5) is 0 Å². The molecule has 0 aromatic heterocycles. The fourth-order valence-electron chi connectivity index (χ4n) is 2.63. The third kappa shape index (κ3) is 4.87. The maximum atomic E-state index is 5.45. The van der Waals surface area contributed by atoms with Crippen LogP contribution in [0.5, 0.6) is 0 Å². The second-order valence-corrected chi connectivity index (χ2v) is 6.43. The van der Waals surface area contributed by atoms with Crippen LogP contribution in [0.1, 0.15) is 47.5 Å². The second-order valence-electron chi connectivity index (χ2n) is 6.43. The van der Waals surface area contributed by atoms with Gasteiger partial charge < -0.3 is 10.1 Å². The Labute approximate surface area is 113 Å². The van der Waals surface area contributed by atoms with Crippen LogP contribution in [-0.2, 0) is 4.74 Å². The standard InChI is InChI=1S/C15H32N2O/c1-6-13-11-16-14(15(3,4)5)12-17(13)9-8-10-18-7-2/h13-14,16H,6-12H2,1-5H3. The molecule has 0 radical (unpaired) electrons. The number of nitrogens with zero attached hydrogens (tertiary/aromatic N) is 1. The Bertz CT molecular complexity index is 225. The van der Waals surface area contributed by atoms with Crippen molar-refractivity contribution >= 4 is 0 Å². The van der Waals surface area contributed by atoms with Crippen LogP contribution in [-0.4, -0.2) is 49.8 Å². The van der Waals surface area contributed by atoms with Crippen LogP contribution >= 0.6 is 0 Å². The van der Waals surface area contributed by atoms with Crippen LogP contribution in [0.2, 0.25) is 0 Å². The molecule has 0 amide bonds. The molecule has 0 aromatic carbocycles. The fraction of sp³-hybridized carbons (Fsp3) is 1.00. The number of hydrogen-bond donors (Lipinski definition) is 1. The van der Waals surface area contributed by atoms with Gasteiger partial charge in [-0.2, -0.15) is 0 Å². The van der Waals surface area contributed by atoms with Crippen LogP contribution in [0.15, 0.2) is 0 Å². The van der Waals surface area contributed by atoms with Crippen molar-refractivity contribution in [1.82, 2.24) is 10.2 Å². The molecule has 1 heterocycles. The maximum absolute atomic E-state index is 5.45. The largest absolute Gasteiger partial charge is 0.382 e. The lowest BCUT2D eigenvalue weighted by molar-refractivity contribution is 0.0689. The molecule has 3 heteroatoms. The molecule has 1 fully saturated rings. The minimum Gasteiger partial charge on any atom is -0.382 e. The summed E-state index contributed by atoms with van der Waals surface area (Å²) in [4.78, 5) is 2.66. The molecule has 0 saturated carbocycles. The van der Waals surface area contributed by atoms with E-state index in [9.17, 15) is 0 Å². The Morgan fingerprint density at radius 1 is 1.28 bits per heavy atom. The van der Waals surface area contributed by atoms with Crippen molar-refractivity contribution in [3.63, 3.8) is 0 Å². The molecule has 2 unspecified atom stereocenters. The quantitative estimate of drug-likeness (QED) is 0.739. The number of ether oxygens (including phenoxy) is 1. The van der Waals surface area contributed by atoms with Gasteiger partial charge in [-0.3, -0.25) is 4.90 Å². The highest BCUT2D eigenvalue weighted by Crippen LogP contribution is 2.24. The minimum absolute atomic E-state index is 0.344. The molecular weight excluding hydrogens is 224 g/mol. The highest BCUT2D eigenvalue weighted by atomic mass is 16.5. The zero-order chi connectivity index (χ0) is 13.6. The molecule has 0 bridgehead atoms. The number of piperazine rings is 1. The zero-order valence-corrected chi connectivity index (χ0v) is 13.0. The lowest BCUT2D eigenvalue weighted by atomic mass is 9.84. The molecule has 1 aliphatic rings. The van der Waals surface area contributed by atoms with E-state index in [-0.39, 0.29) is 0 Å². The van der Waals surface area contributed by atoms with Crippen molar-refractivity contribution in [3.8, 4) is 0 Å². The first-order valence-electron chi connectivity index (χ1n) is 7.54. The Kier molecular flexibility index (Phi) is 6.61. The third-order valence-electron chi connectivity index (χ3n) is 3.99. The topological polar surface area (TPSA) is 24.5 Å². The summed E-state index contributed by atoms with van der Waals surface area (Å²) < 4.78 is 5.45. The molecule has 0 spiro atoms. The molecule has 0 aliphatic carbocycles. The summed E-state index contributed by atoms with van der Waals surface area (Å²) in [7, 11) is 0. The predicted octanol–water partition coefficient (Wildman–Crippen LogP) is 2.51. The molecule has 3 nitrogen and oxygen atoms in total. The van der Waals surface area contributed by atoms with Crippen molar-refractivity contribution in [3.05, 3.63) is 0 Å². The highest BCUT2D eigenvalue weighted by Gasteiger charge is 2.32. The van der Waals surface area contributed by atoms with Gasteiger partial charge in [-0.25, -0.2) is 0 Å². The number of hydrogen-bond acceptors (Lipinski definition) is 3. The number of rotatable bonds is 6. The monoisotopic (exact) mass is 256 g/mol. The maximum Gasteiger partial charge on any atom is 0.0478 e. The van der Waals surface area contributed by atoms with E-state index in [0.29, 0.717) is 17.5 Å². The van der Waals surface area contributed by atoms with Crippen LogP contribution in [0, 0.1) is 5.41 Å². The summed E-state index contributed by atoms with van der Waals surface area (Å²) in [5.74, 6) is 0. The summed E-state index contributed by atoms with van der Waals surface area (Å²) >= 11 is 0. The van der Waals surface area contributed by atoms with Gasteiger partial charge in [-0.15, -0.1) is 0 Å². The van der Waals surface area contributed by atoms with E-state index in [4.69, 9.17) is 4.74 Å². The van der Waals surface area contributed by atoms with E-state index >= 15 is 0 Å². The van der Waals surface area contributed by atoms with Crippen molar-refractivity contribution in [1.29, 1.82) is 0 Å². The molecule has 0 aromatic rings. The smallest absolute Gasteiger partial charge is 0.0478 e. The summed E-state index contributed by atoms with van der Waals surface area (Å²) in [5.41, 5.74) is 0.344. The van der Waals surface area contributed by atoms with E-state index in [1.807, 2.05) is 0 Å². The Morgan fingerprint density at radius 2 is 2.00 bits per heavy atom. The molecule has 1 rings (SSSR count). The van der Waals surface area contributed by atoms with Crippen molar-refractivity contribution in [2.75, 3.05) is 32.8 Å². The average molecular weight is 256 g/mol. The Hall–Kier alpha value is -0.120. The van der Waals surface area contributed by atoms with Crippen LogP contribution < -0.4 is 5.32 Å². The summed E-state index contributed by atoms with van der Waals surface area (Å²) in [6.07, 6.45) is 2.39. The first-order valence-corrected chi connectivity index (χ1v) is 7.54. The van der Waals surface area contributed by atoms with Crippen molar-refractivity contribution in [2.45, 2.75) is 59.5 Å². The van der Waals surface area contributed by atoms with E-state index in [2.05, 4.69) is 44.8 Å². The van der Waals surface area contributed by atoms with Gasteiger partial charge in [0.1, 0.15) is 0 Å². The van der Waals surface area contributed by atoms with E-state index < -0.39 is 0 Å². The van der Waals surface area contributed by atoms with Gasteiger partial charge in [-0.1, -0.05) is 27.7 Å². The molecule has 108 valence electrons. The highest BCUT2D eigenvalue weighted by molar-refractivity contribution is 4.91. The van der Waals surface area contributed by atoms with E-state index in [1.54, 1.807) is 0 Å². The van der Waals surface area contributed by atoms with Crippen molar-refractivity contribution in [2.24, 2.45) is 5.41 Å². The van der Waals surface area contributed by atoms with Gasteiger partial charge in [0.05, 0.1) is 0 Å². The first kappa shape index (κ1) is 15.9. The normalized spacial score (nSPS) is 26.5. The molecule has 1 saturated heterocycles. The van der Waals surface area contributed by atoms with Crippen molar-refractivity contribution < 1.29 is 4.74 Å². The van der Waals surface area contributed by atoms with Gasteiger partial charge in [0.15, 0.2) is 0 Å². The SMILES string of the molecule is CCOCCCN1CC(C(C)(C)C)NCC1CC. The predicted molar refractivity (Wildman–Crippen MR) is 78.0 cm³/mol. The lowest BCUT2D eigenvalue weighted by Crippen LogP contribution is -2.60. The Balaban J connectivity index is 2.43. The summed E-state index contributed by atoms with van der Waals surface area (Å²) in [5, 5.41) is 3.72. The van der Waals surface area contributed by atoms with E-state index in [1.165, 1.54) is 19.5 Å². The van der Waals surface area contributed by atoms with Gasteiger partial charge in [0.2, 0.25) is 0 Å². The third-order valence-corrected chi connectivity index (χ3v) is 3.99. The molecule has 2 atom stereocenters. The zero-order valence-electron chi connectivity index (χ0n) is 13.0. The van der Waals surface area contributed by atoms with Gasteiger partial charge in [0, 0.05) is 44.9 Å². The lowest BCUT2D eigenvalue weighted by Gasteiger charge is -2.45. The second kappa shape index (κ2) is 7.46. The number of nitrogens with one attached hydrogen (secondary N) is 1.